The van der Waals surface area contributed by atoms with Crippen LogP contribution in [0.15, 0.2) is 18.3 Å². The van der Waals surface area contributed by atoms with Crippen LogP contribution in [0.1, 0.15) is 17.9 Å². The number of pyridine rings is 1. The fraction of sp³-hybridized carbons (Fsp3) is 0.444. The molecule has 0 bridgehead atoms. The third kappa shape index (κ3) is 1.32. The van der Waals surface area contributed by atoms with Gasteiger partial charge in [-0.25, -0.2) is 4.98 Å². The zero-order chi connectivity index (χ0) is 9.42. The zero-order valence-corrected chi connectivity index (χ0v) is 7.02. The maximum atomic E-state index is 13.1. The standard InChI is InChI=1S/C9H11FN2O/c10-9-5(2-1-3-12-9)6-4-7(11)8(6)13/h1-3,6-8,13H,4,11H2/t6?,7-,8-/m1/s1. The Kier molecular flexibility index (Phi) is 2.01. The van der Waals surface area contributed by atoms with E-state index in [9.17, 15) is 9.50 Å². The van der Waals surface area contributed by atoms with Crippen molar-refractivity contribution in [1.29, 1.82) is 0 Å². The van der Waals surface area contributed by atoms with Crippen molar-refractivity contribution >= 4 is 0 Å². The maximum Gasteiger partial charge on any atom is 0.216 e. The molecular formula is C9H11FN2O. The molecule has 3 atom stereocenters. The van der Waals surface area contributed by atoms with Crippen molar-refractivity contribution in [2.24, 2.45) is 5.73 Å². The van der Waals surface area contributed by atoms with Crippen molar-refractivity contribution in [3.63, 3.8) is 0 Å². The van der Waals surface area contributed by atoms with Crippen molar-refractivity contribution in [1.82, 2.24) is 4.98 Å². The van der Waals surface area contributed by atoms with Crippen LogP contribution in [-0.4, -0.2) is 22.2 Å². The molecule has 3 N–H and O–H groups in total. The predicted molar refractivity (Wildman–Crippen MR) is 45.5 cm³/mol. The molecule has 1 aliphatic carbocycles. The molecule has 1 aromatic rings. The van der Waals surface area contributed by atoms with Gasteiger partial charge in [0.2, 0.25) is 5.95 Å². The molecule has 13 heavy (non-hydrogen) atoms. The van der Waals surface area contributed by atoms with Crippen LogP contribution in [0.5, 0.6) is 0 Å². The third-order valence-corrected chi connectivity index (χ3v) is 2.56. The second-order valence-electron chi connectivity index (χ2n) is 3.38. The first kappa shape index (κ1) is 8.59. The number of rotatable bonds is 1. The minimum atomic E-state index is -0.626. The van der Waals surface area contributed by atoms with Crippen molar-refractivity contribution in [3.8, 4) is 0 Å². The quantitative estimate of drug-likeness (QED) is 0.618. The van der Waals surface area contributed by atoms with E-state index in [2.05, 4.69) is 4.98 Å². The van der Waals surface area contributed by atoms with E-state index in [-0.39, 0.29) is 12.0 Å². The Morgan fingerprint density at radius 2 is 2.38 bits per heavy atom. The summed E-state index contributed by atoms with van der Waals surface area (Å²) in [6.07, 6.45) is 1.40. The molecule has 1 aromatic heterocycles. The number of aliphatic hydroxyl groups excluding tert-OH is 1. The number of aliphatic hydroxyl groups is 1. The molecule has 4 heteroatoms. The van der Waals surface area contributed by atoms with Crippen LogP contribution in [-0.2, 0) is 0 Å². The van der Waals surface area contributed by atoms with Gasteiger partial charge in [0, 0.05) is 23.7 Å². The largest absolute Gasteiger partial charge is 0.391 e. The van der Waals surface area contributed by atoms with E-state index < -0.39 is 12.1 Å². The van der Waals surface area contributed by atoms with Crippen LogP contribution < -0.4 is 5.73 Å². The van der Waals surface area contributed by atoms with Crippen molar-refractivity contribution in [2.75, 3.05) is 0 Å². The Balaban J connectivity index is 2.23. The van der Waals surface area contributed by atoms with Crippen LogP contribution in [0.2, 0.25) is 0 Å². The molecule has 1 saturated carbocycles. The van der Waals surface area contributed by atoms with E-state index in [0.717, 1.165) is 0 Å². The summed E-state index contributed by atoms with van der Waals surface area (Å²) in [6.45, 7) is 0. The number of aromatic nitrogens is 1. The van der Waals surface area contributed by atoms with Gasteiger partial charge in [-0.05, 0) is 12.5 Å². The summed E-state index contributed by atoms with van der Waals surface area (Å²) in [4.78, 5) is 3.52. The third-order valence-electron chi connectivity index (χ3n) is 2.56. The van der Waals surface area contributed by atoms with E-state index in [1.54, 1.807) is 12.1 Å². The minimum absolute atomic E-state index is 0.177. The van der Waals surface area contributed by atoms with Crippen LogP contribution in [0, 0.1) is 5.95 Å². The molecule has 0 spiro atoms. The topological polar surface area (TPSA) is 59.1 Å². The molecule has 1 aliphatic rings. The van der Waals surface area contributed by atoms with Gasteiger partial charge in [-0.3, -0.25) is 0 Å². The lowest BCUT2D eigenvalue weighted by atomic mass is 9.74. The highest BCUT2D eigenvalue weighted by atomic mass is 19.1. The van der Waals surface area contributed by atoms with Crippen LogP contribution >= 0.6 is 0 Å². The predicted octanol–water partition coefficient (Wildman–Crippen LogP) is 0.396. The highest BCUT2D eigenvalue weighted by Crippen LogP contribution is 2.36. The summed E-state index contributed by atoms with van der Waals surface area (Å²) < 4.78 is 13.1. The van der Waals surface area contributed by atoms with Gasteiger partial charge in [0.1, 0.15) is 0 Å². The molecular weight excluding hydrogens is 171 g/mol. The molecule has 1 heterocycles. The highest BCUT2D eigenvalue weighted by Gasteiger charge is 2.39. The van der Waals surface area contributed by atoms with Crippen LogP contribution in [0.25, 0.3) is 0 Å². The molecule has 1 unspecified atom stereocenters. The van der Waals surface area contributed by atoms with Crippen LogP contribution in [0.3, 0.4) is 0 Å². The Morgan fingerprint density at radius 3 is 2.92 bits per heavy atom. The number of nitrogens with zero attached hydrogens (tertiary/aromatic N) is 1. The van der Waals surface area contributed by atoms with Crippen molar-refractivity contribution in [3.05, 3.63) is 29.8 Å². The SMILES string of the molecule is N[C@@H]1CC(c2cccnc2F)[C@H]1O. The number of nitrogens with two attached hydrogens (primary N) is 1. The number of hydrogen-bond donors (Lipinski definition) is 2. The Morgan fingerprint density at radius 1 is 1.62 bits per heavy atom. The lowest BCUT2D eigenvalue weighted by Gasteiger charge is -2.38. The first-order valence-corrected chi connectivity index (χ1v) is 4.24. The molecule has 70 valence electrons. The number of hydrogen-bond acceptors (Lipinski definition) is 3. The van der Waals surface area contributed by atoms with Gasteiger partial charge in [-0.1, -0.05) is 6.07 Å². The lowest BCUT2D eigenvalue weighted by Crippen LogP contribution is -2.50. The van der Waals surface area contributed by atoms with E-state index in [0.29, 0.717) is 12.0 Å². The molecule has 0 aliphatic heterocycles. The van der Waals surface area contributed by atoms with Gasteiger partial charge < -0.3 is 10.8 Å². The van der Waals surface area contributed by atoms with Crippen LogP contribution in [0.4, 0.5) is 4.39 Å². The molecule has 1 fully saturated rings. The molecule has 0 amide bonds. The highest BCUT2D eigenvalue weighted by molar-refractivity contribution is 5.23. The first-order valence-electron chi connectivity index (χ1n) is 4.24. The average molecular weight is 182 g/mol. The minimum Gasteiger partial charge on any atom is -0.391 e. The second kappa shape index (κ2) is 3.05. The smallest absolute Gasteiger partial charge is 0.216 e. The fourth-order valence-corrected chi connectivity index (χ4v) is 1.66. The Labute approximate surface area is 75.4 Å². The normalized spacial score (nSPS) is 32.7. The summed E-state index contributed by atoms with van der Waals surface area (Å²) in [7, 11) is 0. The zero-order valence-electron chi connectivity index (χ0n) is 7.02. The fourth-order valence-electron chi connectivity index (χ4n) is 1.66. The molecule has 0 aromatic carbocycles. The van der Waals surface area contributed by atoms with Gasteiger partial charge in [0.15, 0.2) is 0 Å². The maximum absolute atomic E-state index is 13.1. The molecule has 3 nitrogen and oxygen atoms in total. The van der Waals surface area contributed by atoms with Gasteiger partial charge in [0.25, 0.3) is 0 Å². The summed E-state index contributed by atoms with van der Waals surface area (Å²) in [5.74, 6) is -0.679. The van der Waals surface area contributed by atoms with Gasteiger partial charge in [0.05, 0.1) is 6.10 Å². The van der Waals surface area contributed by atoms with Gasteiger partial charge >= 0.3 is 0 Å². The summed E-state index contributed by atoms with van der Waals surface area (Å²) >= 11 is 0. The van der Waals surface area contributed by atoms with E-state index >= 15 is 0 Å². The first-order chi connectivity index (χ1) is 6.20. The Bertz CT molecular complexity index is 318. The van der Waals surface area contributed by atoms with E-state index in [1.165, 1.54) is 6.20 Å². The van der Waals surface area contributed by atoms with Crippen molar-refractivity contribution in [2.45, 2.75) is 24.5 Å². The lowest BCUT2D eigenvalue weighted by molar-refractivity contribution is 0.0395. The second-order valence-corrected chi connectivity index (χ2v) is 3.38. The average Bonchev–Trinajstić information content (AvgIpc) is 2.15. The molecule has 2 rings (SSSR count). The van der Waals surface area contributed by atoms with Gasteiger partial charge in [-0.15, -0.1) is 0 Å². The summed E-state index contributed by atoms with van der Waals surface area (Å²) in [5.41, 5.74) is 5.98. The summed E-state index contributed by atoms with van der Waals surface area (Å²) in [5, 5.41) is 9.43. The van der Waals surface area contributed by atoms with Gasteiger partial charge in [-0.2, -0.15) is 4.39 Å². The monoisotopic (exact) mass is 182 g/mol. The van der Waals surface area contributed by atoms with E-state index in [4.69, 9.17) is 5.73 Å². The van der Waals surface area contributed by atoms with E-state index in [1.807, 2.05) is 0 Å². The Hall–Kier alpha value is -1.00. The molecule has 0 radical (unpaired) electrons. The molecule has 0 saturated heterocycles. The van der Waals surface area contributed by atoms with Crippen molar-refractivity contribution < 1.29 is 9.50 Å². The summed E-state index contributed by atoms with van der Waals surface area (Å²) in [6, 6.07) is 3.08. The number of halogens is 1.